The van der Waals surface area contributed by atoms with Crippen molar-refractivity contribution < 1.29 is 17.2 Å². The fraction of sp³-hybridized carbons (Fsp3) is 0. The standard InChI is InChI=1S/C17H11F2N3O2S/c18-14-4-2-1-3-12(14)13-9-21-10-17(13)25(23,24)22-16-6-5-11(8-20)7-15(16)19/h1-7,9-10,21-22H. The molecule has 126 valence electrons. The lowest BCUT2D eigenvalue weighted by Crippen LogP contribution is -2.14. The zero-order valence-corrected chi connectivity index (χ0v) is 13.4. The minimum Gasteiger partial charge on any atom is -0.366 e. The number of aromatic amines is 1. The first-order valence-corrected chi connectivity index (χ1v) is 8.55. The molecule has 5 nitrogen and oxygen atoms in total. The summed E-state index contributed by atoms with van der Waals surface area (Å²) in [5, 5.41) is 8.73. The second-order valence-electron chi connectivity index (χ2n) is 5.13. The smallest absolute Gasteiger partial charge is 0.264 e. The molecule has 2 N–H and O–H groups in total. The zero-order chi connectivity index (χ0) is 18.0. The summed E-state index contributed by atoms with van der Waals surface area (Å²) >= 11 is 0. The first-order chi connectivity index (χ1) is 11.9. The van der Waals surface area contributed by atoms with E-state index >= 15 is 0 Å². The minimum absolute atomic E-state index is 0.0640. The van der Waals surface area contributed by atoms with E-state index in [9.17, 15) is 17.2 Å². The SMILES string of the molecule is N#Cc1ccc(NS(=O)(=O)c2c[nH]cc2-c2ccccc2F)c(F)c1. The largest absolute Gasteiger partial charge is 0.366 e. The molecule has 3 rings (SSSR count). The molecule has 0 spiro atoms. The van der Waals surface area contributed by atoms with E-state index in [1.807, 2.05) is 0 Å². The lowest BCUT2D eigenvalue weighted by molar-refractivity contribution is 0.598. The molecular weight excluding hydrogens is 348 g/mol. The highest BCUT2D eigenvalue weighted by Gasteiger charge is 2.23. The fourth-order valence-corrected chi connectivity index (χ4v) is 3.58. The van der Waals surface area contributed by atoms with Gasteiger partial charge in [-0.3, -0.25) is 4.72 Å². The van der Waals surface area contributed by atoms with Gasteiger partial charge in [0.1, 0.15) is 16.5 Å². The van der Waals surface area contributed by atoms with E-state index in [4.69, 9.17) is 5.26 Å². The monoisotopic (exact) mass is 359 g/mol. The lowest BCUT2D eigenvalue weighted by Gasteiger charge is -2.10. The summed E-state index contributed by atoms with van der Waals surface area (Å²) in [6, 6.07) is 10.9. The predicted octanol–water partition coefficient (Wildman–Crippen LogP) is 3.63. The number of hydrogen-bond donors (Lipinski definition) is 2. The van der Waals surface area contributed by atoms with E-state index in [0.29, 0.717) is 0 Å². The van der Waals surface area contributed by atoms with E-state index < -0.39 is 21.7 Å². The molecule has 0 bridgehead atoms. The van der Waals surface area contributed by atoms with Crippen LogP contribution in [0.1, 0.15) is 5.56 Å². The average molecular weight is 359 g/mol. The van der Waals surface area contributed by atoms with E-state index in [1.54, 1.807) is 12.1 Å². The van der Waals surface area contributed by atoms with Crippen LogP contribution in [0.3, 0.4) is 0 Å². The maximum Gasteiger partial charge on any atom is 0.264 e. The number of sulfonamides is 1. The van der Waals surface area contributed by atoms with Crippen LogP contribution in [0.15, 0.2) is 59.8 Å². The molecule has 1 heterocycles. The molecule has 0 atom stereocenters. The molecule has 2 aromatic carbocycles. The van der Waals surface area contributed by atoms with Gasteiger partial charge in [-0.05, 0) is 24.3 Å². The Morgan fingerprint density at radius 1 is 1.00 bits per heavy atom. The number of halogens is 2. The Morgan fingerprint density at radius 2 is 1.76 bits per heavy atom. The molecule has 0 fully saturated rings. The summed E-state index contributed by atoms with van der Waals surface area (Å²) in [5.41, 5.74) is -0.0158. The van der Waals surface area contributed by atoms with Gasteiger partial charge in [-0.2, -0.15) is 5.26 Å². The van der Waals surface area contributed by atoms with Crippen LogP contribution in [0.25, 0.3) is 11.1 Å². The molecule has 0 aliphatic heterocycles. The van der Waals surface area contributed by atoms with Gasteiger partial charge in [0.2, 0.25) is 0 Å². The van der Waals surface area contributed by atoms with Crippen LogP contribution in [-0.2, 0) is 10.0 Å². The highest BCUT2D eigenvalue weighted by Crippen LogP contribution is 2.30. The molecule has 3 aromatic rings. The van der Waals surface area contributed by atoms with Gasteiger partial charge in [0, 0.05) is 23.5 Å². The highest BCUT2D eigenvalue weighted by molar-refractivity contribution is 7.92. The summed E-state index contributed by atoms with van der Waals surface area (Å²) in [6.45, 7) is 0. The Kier molecular flexibility index (Phi) is 4.25. The maximum absolute atomic E-state index is 14.0. The number of benzene rings is 2. The van der Waals surface area contributed by atoms with Crippen molar-refractivity contribution in [1.29, 1.82) is 5.26 Å². The van der Waals surface area contributed by atoms with Gasteiger partial charge in [-0.1, -0.05) is 18.2 Å². The number of rotatable bonds is 4. The van der Waals surface area contributed by atoms with Crippen molar-refractivity contribution in [2.24, 2.45) is 0 Å². The Morgan fingerprint density at radius 3 is 2.44 bits per heavy atom. The van der Waals surface area contributed by atoms with Crippen LogP contribution in [0.4, 0.5) is 14.5 Å². The van der Waals surface area contributed by atoms with E-state index in [1.165, 1.54) is 36.7 Å². The number of hydrogen-bond acceptors (Lipinski definition) is 3. The molecule has 0 unspecified atom stereocenters. The second kappa shape index (κ2) is 6.37. The first-order valence-electron chi connectivity index (χ1n) is 7.06. The van der Waals surface area contributed by atoms with Crippen molar-refractivity contribution in [2.75, 3.05) is 4.72 Å². The van der Waals surface area contributed by atoms with Gasteiger partial charge in [0.05, 0.1) is 17.3 Å². The zero-order valence-electron chi connectivity index (χ0n) is 12.6. The molecule has 0 aliphatic rings. The van der Waals surface area contributed by atoms with E-state index in [0.717, 1.165) is 12.1 Å². The summed E-state index contributed by atoms with van der Waals surface area (Å²) in [7, 11) is -4.18. The Bertz CT molecular complexity index is 1090. The molecule has 0 aliphatic carbocycles. The van der Waals surface area contributed by atoms with Gasteiger partial charge in [0.15, 0.2) is 0 Å². The molecule has 25 heavy (non-hydrogen) atoms. The Balaban J connectivity index is 2.02. The lowest BCUT2D eigenvalue weighted by atomic mass is 10.1. The number of H-pyrrole nitrogens is 1. The third-order valence-electron chi connectivity index (χ3n) is 3.50. The summed E-state index contributed by atoms with van der Waals surface area (Å²) in [4.78, 5) is 2.41. The first kappa shape index (κ1) is 16.7. The highest BCUT2D eigenvalue weighted by atomic mass is 32.2. The number of nitrogens with zero attached hydrogens (tertiary/aromatic N) is 1. The van der Waals surface area contributed by atoms with Crippen LogP contribution >= 0.6 is 0 Å². The van der Waals surface area contributed by atoms with Gasteiger partial charge < -0.3 is 4.98 Å². The summed E-state index contributed by atoms with van der Waals surface area (Å²) in [6.07, 6.45) is 2.54. The van der Waals surface area contributed by atoms with Crippen LogP contribution < -0.4 is 4.72 Å². The van der Waals surface area contributed by atoms with Gasteiger partial charge in [-0.25, -0.2) is 17.2 Å². The van der Waals surface area contributed by atoms with Crippen LogP contribution in [0.2, 0.25) is 0 Å². The molecule has 8 heteroatoms. The topological polar surface area (TPSA) is 85.8 Å². The van der Waals surface area contributed by atoms with Crippen LogP contribution in [0.5, 0.6) is 0 Å². The van der Waals surface area contributed by atoms with Gasteiger partial charge >= 0.3 is 0 Å². The number of nitriles is 1. The maximum atomic E-state index is 14.0. The third-order valence-corrected chi connectivity index (χ3v) is 4.91. The molecular formula is C17H11F2N3O2S. The Hall–Kier alpha value is -3.18. The molecule has 0 amide bonds. The van der Waals surface area contributed by atoms with Crippen LogP contribution in [0, 0.1) is 23.0 Å². The van der Waals surface area contributed by atoms with Crippen molar-refractivity contribution in [3.05, 3.63) is 72.1 Å². The van der Waals surface area contributed by atoms with Gasteiger partial charge in [-0.15, -0.1) is 0 Å². The Labute approximate surface area is 142 Å². The van der Waals surface area contributed by atoms with Crippen molar-refractivity contribution in [3.63, 3.8) is 0 Å². The normalized spacial score (nSPS) is 11.1. The number of nitrogens with one attached hydrogen (secondary N) is 2. The van der Waals surface area contributed by atoms with Crippen molar-refractivity contribution in [2.45, 2.75) is 4.90 Å². The molecule has 1 aromatic heterocycles. The number of anilines is 1. The van der Waals surface area contributed by atoms with Gasteiger partial charge in [0.25, 0.3) is 10.0 Å². The minimum atomic E-state index is -4.18. The van der Waals surface area contributed by atoms with Crippen LogP contribution in [-0.4, -0.2) is 13.4 Å². The number of aromatic nitrogens is 1. The third kappa shape index (κ3) is 3.22. The van der Waals surface area contributed by atoms with Crippen molar-refractivity contribution in [1.82, 2.24) is 4.98 Å². The van der Waals surface area contributed by atoms with Crippen molar-refractivity contribution in [3.8, 4) is 17.2 Å². The van der Waals surface area contributed by atoms with E-state index in [2.05, 4.69) is 9.71 Å². The fourth-order valence-electron chi connectivity index (χ4n) is 2.33. The second-order valence-corrected chi connectivity index (χ2v) is 6.78. The summed E-state index contributed by atoms with van der Waals surface area (Å²) < 4.78 is 55.2. The average Bonchev–Trinajstić information content (AvgIpc) is 3.07. The quantitative estimate of drug-likeness (QED) is 0.746. The summed E-state index contributed by atoms with van der Waals surface area (Å²) in [5.74, 6) is -1.46. The molecule has 0 radical (unpaired) electrons. The van der Waals surface area contributed by atoms with E-state index in [-0.39, 0.29) is 27.3 Å². The molecule has 0 saturated carbocycles. The van der Waals surface area contributed by atoms with Crippen molar-refractivity contribution >= 4 is 15.7 Å². The predicted molar refractivity (Wildman–Crippen MR) is 88.1 cm³/mol. The molecule has 0 saturated heterocycles.